The third-order valence-electron chi connectivity index (χ3n) is 2.99. The highest BCUT2D eigenvalue weighted by Crippen LogP contribution is 2.17. The fourth-order valence-corrected chi connectivity index (χ4v) is 2.30. The van der Waals surface area contributed by atoms with Gasteiger partial charge in [-0.2, -0.15) is 0 Å². The lowest BCUT2D eigenvalue weighted by Crippen LogP contribution is -2.37. The fourth-order valence-electron chi connectivity index (χ4n) is 1.60. The van der Waals surface area contributed by atoms with Crippen molar-refractivity contribution in [2.45, 2.75) is 40.3 Å². The lowest BCUT2D eigenvalue weighted by atomic mass is 10.1. The molecule has 0 aliphatic rings. The molecule has 0 aromatic carbocycles. The van der Waals surface area contributed by atoms with Crippen LogP contribution in [-0.4, -0.2) is 27.9 Å². The van der Waals surface area contributed by atoms with Gasteiger partial charge in [-0.25, -0.2) is 4.79 Å². The zero-order valence-electron chi connectivity index (χ0n) is 11.6. The van der Waals surface area contributed by atoms with Crippen LogP contribution in [0.4, 0.5) is 0 Å². The molecule has 0 fully saturated rings. The highest BCUT2D eigenvalue weighted by Gasteiger charge is 2.22. The summed E-state index contributed by atoms with van der Waals surface area (Å²) < 4.78 is 0. The zero-order chi connectivity index (χ0) is 14.6. The number of carboxylic acid groups (broad SMARTS) is 1. The lowest BCUT2D eigenvalue weighted by Gasteiger charge is -2.27. The molecule has 19 heavy (non-hydrogen) atoms. The van der Waals surface area contributed by atoms with Crippen molar-refractivity contribution in [1.82, 2.24) is 4.90 Å². The molecular formula is C14H19NO3S. The van der Waals surface area contributed by atoms with Crippen molar-refractivity contribution in [2.24, 2.45) is 0 Å². The largest absolute Gasteiger partial charge is 0.478 e. The van der Waals surface area contributed by atoms with Crippen LogP contribution in [0.25, 0.3) is 0 Å². The Morgan fingerprint density at radius 3 is 2.37 bits per heavy atom. The molecule has 4 nitrogen and oxygen atoms in total. The highest BCUT2D eigenvalue weighted by molar-refractivity contribution is 7.09. The van der Waals surface area contributed by atoms with Crippen LogP contribution in [0.1, 0.15) is 32.6 Å². The van der Waals surface area contributed by atoms with Crippen LogP contribution in [-0.2, 0) is 16.1 Å². The summed E-state index contributed by atoms with van der Waals surface area (Å²) in [7, 11) is 0. The molecule has 0 unspecified atom stereocenters. The Morgan fingerprint density at radius 1 is 1.32 bits per heavy atom. The molecule has 1 aromatic heterocycles. The van der Waals surface area contributed by atoms with Gasteiger partial charge in [-0.3, -0.25) is 4.79 Å². The Balaban J connectivity index is 2.97. The van der Waals surface area contributed by atoms with Gasteiger partial charge in [0, 0.05) is 22.1 Å². The van der Waals surface area contributed by atoms with Crippen molar-refractivity contribution in [3.8, 4) is 0 Å². The molecule has 1 amide bonds. The van der Waals surface area contributed by atoms with Gasteiger partial charge in [-0.05, 0) is 39.1 Å². The molecule has 1 N–H and O–H groups in total. The minimum Gasteiger partial charge on any atom is -0.478 e. The second-order valence-electron chi connectivity index (χ2n) is 4.66. The standard InChI is InChI=1S/C14H19NO3S/c1-9(2)15(8-12-6-5-7-19-12)13(16)10(3)11(4)14(17)18/h5-7,9H,8H2,1-4H3,(H,17,18). The van der Waals surface area contributed by atoms with E-state index in [9.17, 15) is 9.59 Å². The molecule has 0 saturated heterocycles. The van der Waals surface area contributed by atoms with E-state index in [2.05, 4.69) is 0 Å². The van der Waals surface area contributed by atoms with Gasteiger partial charge in [0.15, 0.2) is 0 Å². The predicted molar refractivity (Wildman–Crippen MR) is 76.0 cm³/mol. The van der Waals surface area contributed by atoms with Crippen LogP contribution in [0.2, 0.25) is 0 Å². The van der Waals surface area contributed by atoms with Crippen molar-refractivity contribution in [1.29, 1.82) is 0 Å². The first-order valence-corrected chi connectivity index (χ1v) is 6.96. The van der Waals surface area contributed by atoms with Gasteiger partial charge in [0.1, 0.15) is 0 Å². The Morgan fingerprint density at radius 2 is 1.95 bits per heavy atom. The summed E-state index contributed by atoms with van der Waals surface area (Å²) in [5.41, 5.74) is 0.389. The first-order valence-electron chi connectivity index (χ1n) is 6.08. The molecule has 0 aliphatic carbocycles. The van der Waals surface area contributed by atoms with Crippen molar-refractivity contribution in [2.75, 3.05) is 0 Å². The smallest absolute Gasteiger partial charge is 0.331 e. The van der Waals surface area contributed by atoms with Gasteiger partial charge in [0.2, 0.25) is 0 Å². The van der Waals surface area contributed by atoms with E-state index in [1.54, 1.807) is 23.2 Å². The molecule has 5 heteroatoms. The summed E-state index contributed by atoms with van der Waals surface area (Å²) in [5.74, 6) is -1.27. The second-order valence-corrected chi connectivity index (χ2v) is 5.69. The van der Waals surface area contributed by atoms with Gasteiger partial charge < -0.3 is 10.0 Å². The maximum atomic E-state index is 12.4. The molecule has 1 heterocycles. The van der Waals surface area contributed by atoms with E-state index >= 15 is 0 Å². The molecule has 1 aromatic rings. The van der Waals surface area contributed by atoms with E-state index in [1.807, 2.05) is 31.4 Å². The van der Waals surface area contributed by atoms with Crippen molar-refractivity contribution >= 4 is 23.2 Å². The summed E-state index contributed by atoms with van der Waals surface area (Å²) in [6.07, 6.45) is 0. The Bertz CT molecular complexity index is 489. The quantitative estimate of drug-likeness (QED) is 0.844. The SMILES string of the molecule is CC(C(=O)O)=C(C)C(=O)N(Cc1cccs1)C(C)C. The number of carbonyl (C=O) groups excluding carboxylic acids is 1. The molecular weight excluding hydrogens is 262 g/mol. The maximum absolute atomic E-state index is 12.4. The number of rotatable bonds is 5. The van der Waals surface area contributed by atoms with Crippen LogP contribution < -0.4 is 0 Å². The van der Waals surface area contributed by atoms with Gasteiger partial charge in [0.05, 0.1) is 6.54 Å². The molecule has 0 aliphatic heterocycles. The van der Waals surface area contributed by atoms with Gasteiger partial charge >= 0.3 is 5.97 Å². The zero-order valence-corrected chi connectivity index (χ0v) is 12.5. The van der Waals surface area contributed by atoms with Crippen LogP contribution in [0, 0.1) is 0 Å². The number of carbonyl (C=O) groups is 2. The summed E-state index contributed by atoms with van der Waals surface area (Å²) in [6, 6.07) is 3.93. The Labute approximate surface area is 117 Å². The van der Waals surface area contributed by atoms with Crippen LogP contribution >= 0.6 is 11.3 Å². The molecule has 0 atom stereocenters. The maximum Gasteiger partial charge on any atom is 0.331 e. The van der Waals surface area contributed by atoms with Gasteiger partial charge in [-0.1, -0.05) is 6.07 Å². The second kappa shape index (κ2) is 6.52. The number of aliphatic carboxylic acids is 1. The van der Waals surface area contributed by atoms with E-state index in [0.717, 1.165) is 4.88 Å². The molecule has 1 rings (SSSR count). The van der Waals surface area contributed by atoms with Crippen LogP contribution in [0.5, 0.6) is 0 Å². The summed E-state index contributed by atoms with van der Waals surface area (Å²) in [4.78, 5) is 26.1. The van der Waals surface area contributed by atoms with Gasteiger partial charge in [-0.15, -0.1) is 11.3 Å². The lowest BCUT2D eigenvalue weighted by molar-refractivity contribution is -0.134. The van der Waals surface area contributed by atoms with Crippen LogP contribution in [0.15, 0.2) is 28.7 Å². The van der Waals surface area contributed by atoms with Gasteiger partial charge in [0.25, 0.3) is 5.91 Å². The van der Waals surface area contributed by atoms with E-state index in [4.69, 9.17) is 5.11 Å². The Hall–Kier alpha value is -1.62. The summed E-state index contributed by atoms with van der Waals surface area (Å²) >= 11 is 1.59. The topological polar surface area (TPSA) is 57.6 Å². The molecule has 0 bridgehead atoms. The number of nitrogens with zero attached hydrogens (tertiary/aromatic N) is 1. The average molecular weight is 281 g/mol. The number of hydrogen-bond acceptors (Lipinski definition) is 3. The van der Waals surface area contributed by atoms with Crippen molar-refractivity contribution < 1.29 is 14.7 Å². The summed E-state index contributed by atoms with van der Waals surface area (Å²) in [5, 5.41) is 10.9. The number of hydrogen-bond donors (Lipinski definition) is 1. The van der Waals surface area contributed by atoms with E-state index < -0.39 is 5.97 Å². The van der Waals surface area contributed by atoms with Crippen molar-refractivity contribution in [3.63, 3.8) is 0 Å². The van der Waals surface area contributed by atoms with Crippen molar-refractivity contribution in [3.05, 3.63) is 33.5 Å². The average Bonchev–Trinajstić information content (AvgIpc) is 2.85. The first kappa shape index (κ1) is 15.4. The van der Waals surface area contributed by atoms with Crippen LogP contribution in [0.3, 0.4) is 0 Å². The third kappa shape index (κ3) is 3.92. The Kier molecular flexibility index (Phi) is 5.30. The monoisotopic (exact) mass is 281 g/mol. The fraction of sp³-hybridized carbons (Fsp3) is 0.429. The molecule has 0 spiro atoms. The van der Waals surface area contributed by atoms with E-state index in [1.165, 1.54) is 6.92 Å². The normalized spacial score (nSPS) is 12.3. The number of thiophene rings is 1. The number of amides is 1. The number of carboxylic acids is 1. The molecule has 0 saturated carbocycles. The molecule has 104 valence electrons. The minimum absolute atomic E-state index is 0.0196. The highest BCUT2D eigenvalue weighted by atomic mass is 32.1. The van der Waals surface area contributed by atoms with E-state index in [0.29, 0.717) is 6.54 Å². The molecule has 0 radical (unpaired) electrons. The summed E-state index contributed by atoms with van der Waals surface area (Å²) in [6.45, 7) is 7.39. The van der Waals surface area contributed by atoms with E-state index in [-0.39, 0.29) is 23.1 Å². The predicted octanol–water partition coefficient (Wildman–Crippen LogP) is 2.91. The third-order valence-corrected chi connectivity index (χ3v) is 3.86. The minimum atomic E-state index is -1.05. The first-order chi connectivity index (χ1) is 8.84.